The van der Waals surface area contributed by atoms with Gasteiger partial charge in [-0.1, -0.05) is 6.92 Å². The molecule has 0 spiro atoms. The Morgan fingerprint density at radius 3 is 2.88 bits per heavy atom. The molecule has 92 valence electrons. The second kappa shape index (κ2) is 4.72. The SMILES string of the molecule is CCC1(C(=O)NCC(O)C2CC2)CCNC1. The molecule has 4 heteroatoms. The fourth-order valence-electron chi connectivity index (χ4n) is 2.43. The van der Waals surface area contributed by atoms with Crippen molar-refractivity contribution in [3.05, 3.63) is 0 Å². The first-order chi connectivity index (χ1) is 7.68. The fraction of sp³-hybridized carbons (Fsp3) is 0.917. The highest BCUT2D eigenvalue weighted by Crippen LogP contribution is 2.33. The van der Waals surface area contributed by atoms with Crippen molar-refractivity contribution in [2.24, 2.45) is 11.3 Å². The largest absolute Gasteiger partial charge is 0.391 e. The third-order valence-electron chi connectivity index (χ3n) is 4.04. The molecule has 0 aromatic rings. The Morgan fingerprint density at radius 2 is 2.38 bits per heavy atom. The summed E-state index contributed by atoms with van der Waals surface area (Å²) in [5.74, 6) is 0.541. The van der Waals surface area contributed by atoms with Gasteiger partial charge >= 0.3 is 0 Å². The van der Waals surface area contributed by atoms with Gasteiger partial charge in [-0.25, -0.2) is 0 Å². The molecule has 1 heterocycles. The van der Waals surface area contributed by atoms with Gasteiger partial charge < -0.3 is 15.7 Å². The molecule has 2 rings (SSSR count). The summed E-state index contributed by atoms with van der Waals surface area (Å²) in [7, 11) is 0. The monoisotopic (exact) mass is 226 g/mol. The maximum atomic E-state index is 12.1. The molecule has 2 fully saturated rings. The van der Waals surface area contributed by atoms with E-state index < -0.39 is 0 Å². The van der Waals surface area contributed by atoms with Crippen LogP contribution in [0.5, 0.6) is 0 Å². The summed E-state index contributed by atoms with van der Waals surface area (Å²) in [6, 6.07) is 0. The number of aliphatic hydroxyl groups is 1. The van der Waals surface area contributed by atoms with E-state index in [1.165, 1.54) is 0 Å². The van der Waals surface area contributed by atoms with Gasteiger partial charge in [0.05, 0.1) is 11.5 Å². The molecular formula is C12H22N2O2. The van der Waals surface area contributed by atoms with E-state index in [1.54, 1.807) is 0 Å². The molecule has 1 aliphatic carbocycles. The van der Waals surface area contributed by atoms with Gasteiger partial charge in [-0.05, 0) is 38.1 Å². The Hall–Kier alpha value is -0.610. The lowest BCUT2D eigenvalue weighted by Gasteiger charge is -2.26. The minimum atomic E-state index is -0.341. The van der Waals surface area contributed by atoms with Crippen LogP contribution in [0.15, 0.2) is 0 Å². The Labute approximate surface area is 96.8 Å². The van der Waals surface area contributed by atoms with Gasteiger partial charge in [0.25, 0.3) is 0 Å². The molecular weight excluding hydrogens is 204 g/mol. The fourth-order valence-corrected chi connectivity index (χ4v) is 2.43. The highest BCUT2D eigenvalue weighted by molar-refractivity contribution is 5.83. The first kappa shape index (κ1) is 11.9. The minimum Gasteiger partial charge on any atom is -0.391 e. The van der Waals surface area contributed by atoms with Gasteiger partial charge in [-0.3, -0.25) is 4.79 Å². The molecule has 2 atom stereocenters. The zero-order valence-corrected chi connectivity index (χ0v) is 9.96. The second-order valence-corrected chi connectivity index (χ2v) is 5.18. The van der Waals surface area contributed by atoms with Crippen molar-refractivity contribution in [2.75, 3.05) is 19.6 Å². The standard InChI is InChI=1S/C12H22N2O2/c1-2-12(5-6-13-8-12)11(16)14-7-10(15)9-3-4-9/h9-10,13,15H,2-8H2,1H3,(H,14,16). The highest BCUT2D eigenvalue weighted by Gasteiger charge is 2.40. The number of rotatable bonds is 5. The first-order valence-corrected chi connectivity index (χ1v) is 6.35. The molecule has 0 radical (unpaired) electrons. The predicted molar refractivity (Wildman–Crippen MR) is 62.0 cm³/mol. The summed E-state index contributed by atoms with van der Waals surface area (Å²) in [5.41, 5.74) is -0.233. The summed E-state index contributed by atoms with van der Waals surface area (Å²) in [4.78, 5) is 12.1. The number of hydrogen-bond acceptors (Lipinski definition) is 3. The average Bonchev–Trinajstić information content (AvgIpc) is 3.04. The Bertz CT molecular complexity index is 258. The highest BCUT2D eigenvalue weighted by atomic mass is 16.3. The van der Waals surface area contributed by atoms with Crippen molar-refractivity contribution in [1.82, 2.24) is 10.6 Å². The maximum absolute atomic E-state index is 12.1. The van der Waals surface area contributed by atoms with E-state index >= 15 is 0 Å². The number of amides is 1. The van der Waals surface area contributed by atoms with Gasteiger partial charge in [-0.15, -0.1) is 0 Å². The third-order valence-corrected chi connectivity index (χ3v) is 4.04. The van der Waals surface area contributed by atoms with E-state index in [-0.39, 0.29) is 17.4 Å². The van der Waals surface area contributed by atoms with Crippen molar-refractivity contribution in [3.63, 3.8) is 0 Å². The van der Waals surface area contributed by atoms with Crippen molar-refractivity contribution in [2.45, 2.75) is 38.7 Å². The lowest BCUT2D eigenvalue weighted by atomic mass is 9.83. The van der Waals surface area contributed by atoms with E-state index in [2.05, 4.69) is 17.6 Å². The predicted octanol–water partition coefficient (Wildman–Crippen LogP) is 0.263. The molecule has 2 aliphatic rings. The number of aliphatic hydroxyl groups excluding tert-OH is 1. The van der Waals surface area contributed by atoms with Crippen molar-refractivity contribution >= 4 is 5.91 Å². The van der Waals surface area contributed by atoms with Gasteiger partial charge in [0.2, 0.25) is 5.91 Å². The minimum absolute atomic E-state index is 0.111. The average molecular weight is 226 g/mol. The molecule has 1 saturated carbocycles. The Balaban J connectivity index is 1.81. The lowest BCUT2D eigenvalue weighted by molar-refractivity contribution is -0.130. The summed E-state index contributed by atoms with van der Waals surface area (Å²) in [6.45, 7) is 4.18. The molecule has 16 heavy (non-hydrogen) atoms. The van der Waals surface area contributed by atoms with Gasteiger partial charge in [0.1, 0.15) is 0 Å². The quantitative estimate of drug-likeness (QED) is 0.630. The first-order valence-electron chi connectivity index (χ1n) is 6.35. The van der Waals surface area contributed by atoms with Crippen LogP contribution >= 0.6 is 0 Å². The van der Waals surface area contributed by atoms with E-state index in [0.29, 0.717) is 12.5 Å². The number of nitrogens with one attached hydrogen (secondary N) is 2. The van der Waals surface area contributed by atoms with E-state index in [4.69, 9.17) is 0 Å². The summed E-state index contributed by atoms with van der Waals surface area (Å²) in [6.07, 6.45) is 3.65. The summed E-state index contributed by atoms with van der Waals surface area (Å²) >= 11 is 0. The molecule has 4 nitrogen and oxygen atoms in total. The molecule has 0 aromatic heterocycles. The zero-order valence-electron chi connectivity index (χ0n) is 9.96. The van der Waals surface area contributed by atoms with Gasteiger partial charge in [0.15, 0.2) is 0 Å². The van der Waals surface area contributed by atoms with E-state index in [0.717, 1.165) is 38.8 Å². The van der Waals surface area contributed by atoms with Crippen LogP contribution in [-0.4, -0.2) is 36.8 Å². The number of carbonyl (C=O) groups is 1. The van der Waals surface area contributed by atoms with Crippen LogP contribution in [0.2, 0.25) is 0 Å². The Morgan fingerprint density at radius 1 is 1.62 bits per heavy atom. The molecule has 0 aromatic carbocycles. The lowest BCUT2D eigenvalue weighted by Crippen LogP contribution is -2.45. The molecule has 1 aliphatic heterocycles. The van der Waals surface area contributed by atoms with E-state index in [9.17, 15) is 9.90 Å². The van der Waals surface area contributed by atoms with Gasteiger partial charge in [-0.2, -0.15) is 0 Å². The number of carbonyl (C=O) groups excluding carboxylic acids is 1. The molecule has 2 unspecified atom stereocenters. The van der Waals surface area contributed by atoms with Gasteiger partial charge in [0, 0.05) is 13.1 Å². The van der Waals surface area contributed by atoms with Crippen LogP contribution in [0, 0.1) is 11.3 Å². The smallest absolute Gasteiger partial charge is 0.227 e. The zero-order chi connectivity index (χ0) is 11.6. The van der Waals surface area contributed by atoms with E-state index in [1.807, 2.05) is 0 Å². The third kappa shape index (κ3) is 2.38. The van der Waals surface area contributed by atoms with Crippen molar-refractivity contribution in [3.8, 4) is 0 Å². The molecule has 1 saturated heterocycles. The van der Waals surface area contributed by atoms with Crippen molar-refractivity contribution in [1.29, 1.82) is 0 Å². The van der Waals surface area contributed by atoms with Crippen LogP contribution < -0.4 is 10.6 Å². The second-order valence-electron chi connectivity index (χ2n) is 5.18. The van der Waals surface area contributed by atoms with Crippen LogP contribution in [0.4, 0.5) is 0 Å². The van der Waals surface area contributed by atoms with Crippen molar-refractivity contribution < 1.29 is 9.90 Å². The maximum Gasteiger partial charge on any atom is 0.227 e. The number of hydrogen-bond donors (Lipinski definition) is 3. The van der Waals surface area contributed by atoms with Crippen LogP contribution in [-0.2, 0) is 4.79 Å². The van der Waals surface area contributed by atoms with Crippen LogP contribution in [0.3, 0.4) is 0 Å². The molecule has 0 bridgehead atoms. The topological polar surface area (TPSA) is 61.4 Å². The van der Waals surface area contributed by atoms with Crippen LogP contribution in [0.25, 0.3) is 0 Å². The Kier molecular flexibility index (Phi) is 3.50. The summed E-state index contributed by atoms with van der Waals surface area (Å²) in [5, 5.41) is 15.9. The molecule has 3 N–H and O–H groups in total. The summed E-state index contributed by atoms with van der Waals surface area (Å²) < 4.78 is 0. The van der Waals surface area contributed by atoms with Crippen LogP contribution in [0.1, 0.15) is 32.6 Å². The molecule has 1 amide bonds. The normalized spacial score (nSPS) is 31.4.